The topological polar surface area (TPSA) is 42.5 Å². The fourth-order valence-electron chi connectivity index (χ4n) is 3.36. The molecule has 2 rings (SSSR count). The summed E-state index contributed by atoms with van der Waals surface area (Å²) in [6, 6.07) is 1.21. The number of rotatable bonds is 5. The number of hydrogen-bond donors (Lipinski definition) is 2. The Hall–Kier alpha value is -0.160. The second kappa shape index (κ2) is 6.73. The Labute approximate surface area is 124 Å². The van der Waals surface area contributed by atoms with Crippen LogP contribution >= 0.6 is 0 Å². The molecular weight excluding hydrogens is 252 g/mol. The minimum Gasteiger partial charge on any atom is -0.375 e. The largest absolute Gasteiger partial charge is 0.375 e. The van der Waals surface area contributed by atoms with Gasteiger partial charge in [-0.15, -0.1) is 0 Å². The molecule has 0 amide bonds. The van der Waals surface area contributed by atoms with Crippen LogP contribution in [0.5, 0.6) is 0 Å². The van der Waals surface area contributed by atoms with E-state index in [-0.39, 0.29) is 11.2 Å². The summed E-state index contributed by atoms with van der Waals surface area (Å²) in [5, 5.41) is 7.33. The lowest BCUT2D eigenvalue weighted by molar-refractivity contribution is -0.0648. The van der Waals surface area contributed by atoms with E-state index in [2.05, 4.69) is 38.3 Å². The van der Waals surface area contributed by atoms with Gasteiger partial charge in [0, 0.05) is 38.4 Å². The third-order valence-corrected chi connectivity index (χ3v) is 4.39. The fourth-order valence-corrected chi connectivity index (χ4v) is 3.36. The van der Waals surface area contributed by atoms with E-state index in [1.54, 1.807) is 0 Å². The zero-order valence-electron chi connectivity index (χ0n) is 13.6. The summed E-state index contributed by atoms with van der Waals surface area (Å²) in [4.78, 5) is 0. The minimum atomic E-state index is 0.0358. The molecular formula is C16H32N2O2. The molecule has 0 saturated carbocycles. The van der Waals surface area contributed by atoms with Crippen LogP contribution in [0.2, 0.25) is 0 Å². The summed E-state index contributed by atoms with van der Waals surface area (Å²) < 4.78 is 11.5. The number of hydrogen-bond acceptors (Lipinski definition) is 4. The van der Waals surface area contributed by atoms with Crippen molar-refractivity contribution in [2.75, 3.05) is 26.3 Å². The number of nitrogens with one attached hydrogen (secondary N) is 2. The highest BCUT2D eigenvalue weighted by Crippen LogP contribution is 2.24. The van der Waals surface area contributed by atoms with E-state index < -0.39 is 0 Å². The third-order valence-electron chi connectivity index (χ3n) is 4.39. The molecule has 0 aromatic rings. The quantitative estimate of drug-likeness (QED) is 0.759. The maximum absolute atomic E-state index is 5.75. The normalized spacial score (nSPS) is 33.0. The first-order valence-corrected chi connectivity index (χ1v) is 8.11. The molecule has 2 aliphatic heterocycles. The molecule has 2 atom stereocenters. The highest BCUT2D eigenvalue weighted by molar-refractivity contribution is 4.85. The highest BCUT2D eigenvalue weighted by Gasteiger charge is 2.29. The molecule has 2 saturated heterocycles. The molecule has 0 aromatic carbocycles. The summed E-state index contributed by atoms with van der Waals surface area (Å²) in [6.07, 6.45) is 4.48. The zero-order chi connectivity index (χ0) is 14.6. The van der Waals surface area contributed by atoms with Gasteiger partial charge >= 0.3 is 0 Å². The van der Waals surface area contributed by atoms with Crippen molar-refractivity contribution in [2.24, 2.45) is 0 Å². The second-order valence-electron chi connectivity index (χ2n) is 7.50. The van der Waals surface area contributed by atoms with Crippen LogP contribution in [-0.4, -0.2) is 49.6 Å². The van der Waals surface area contributed by atoms with E-state index >= 15 is 0 Å². The lowest BCUT2D eigenvalue weighted by Gasteiger charge is -2.37. The van der Waals surface area contributed by atoms with Crippen LogP contribution in [0.3, 0.4) is 0 Å². The van der Waals surface area contributed by atoms with Gasteiger partial charge in [-0.1, -0.05) is 0 Å². The Balaban J connectivity index is 1.59. The summed E-state index contributed by atoms with van der Waals surface area (Å²) in [5.41, 5.74) is 0.0716. The molecule has 0 aromatic heterocycles. The van der Waals surface area contributed by atoms with Crippen molar-refractivity contribution in [1.82, 2.24) is 10.6 Å². The molecule has 0 aliphatic carbocycles. The molecule has 2 N–H and O–H groups in total. The molecule has 4 heteroatoms. The van der Waals surface area contributed by atoms with Crippen molar-refractivity contribution in [3.8, 4) is 0 Å². The summed E-state index contributed by atoms with van der Waals surface area (Å²) in [7, 11) is 0. The lowest BCUT2D eigenvalue weighted by Crippen LogP contribution is -2.48. The van der Waals surface area contributed by atoms with E-state index in [9.17, 15) is 0 Å². The van der Waals surface area contributed by atoms with Crippen LogP contribution in [0.1, 0.15) is 53.4 Å². The highest BCUT2D eigenvalue weighted by atomic mass is 16.5. The Morgan fingerprint density at radius 2 is 1.20 bits per heavy atom. The van der Waals surface area contributed by atoms with Gasteiger partial charge in [0.15, 0.2) is 0 Å². The molecule has 118 valence electrons. The Bertz CT molecular complexity index is 275. The van der Waals surface area contributed by atoms with Crippen molar-refractivity contribution in [3.05, 3.63) is 0 Å². The van der Waals surface area contributed by atoms with E-state index in [0.29, 0.717) is 12.1 Å². The van der Waals surface area contributed by atoms with E-state index in [1.807, 2.05) is 0 Å². The van der Waals surface area contributed by atoms with Gasteiger partial charge in [-0.25, -0.2) is 0 Å². The summed E-state index contributed by atoms with van der Waals surface area (Å²) in [6.45, 7) is 12.6. The van der Waals surface area contributed by atoms with Crippen LogP contribution in [0.25, 0.3) is 0 Å². The smallest absolute Gasteiger partial charge is 0.0641 e. The van der Waals surface area contributed by atoms with Gasteiger partial charge in [-0.2, -0.15) is 0 Å². The van der Waals surface area contributed by atoms with Crippen LogP contribution in [-0.2, 0) is 9.47 Å². The molecule has 0 spiro atoms. The van der Waals surface area contributed by atoms with Gasteiger partial charge in [0.25, 0.3) is 0 Å². The monoisotopic (exact) mass is 284 g/mol. The van der Waals surface area contributed by atoms with Crippen molar-refractivity contribution in [1.29, 1.82) is 0 Å². The SMILES string of the molecule is CC1(C)CC(NCCNC2CCOC(C)(C)C2)CCO1. The Morgan fingerprint density at radius 1 is 0.800 bits per heavy atom. The van der Waals surface area contributed by atoms with Crippen LogP contribution in [0.15, 0.2) is 0 Å². The first kappa shape index (κ1) is 16.2. The van der Waals surface area contributed by atoms with Gasteiger partial charge in [-0.05, 0) is 53.4 Å². The Kier molecular flexibility index (Phi) is 5.46. The molecule has 2 unspecified atom stereocenters. The van der Waals surface area contributed by atoms with Crippen molar-refractivity contribution in [3.63, 3.8) is 0 Å². The molecule has 4 nitrogen and oxygen atoms in total. The maximum Gasteiger partial charge on any atom is 0.0641 e. The molecule has 0 bridgehead atoms. The van der Waals surface area contributed by atoms with Crippen LogP contribution in [0, 0.1) is 0 Å². The molecule has 20 heavy (non-hydrogen) atoms. The van der Waals surface area contributed by atoms with Gasteiger partial charge in [0.05, 0.1) is 11.2 Å². The fraction of sp³-hybridized carbons (Fsp3) is 1.00. The number of ether oxygens (including phenoxy) is 2. The molecule has 2 aliphatic rings. The maximum atomic E-state index is 5.75. The average molecular weight is 284 g/mol. The molecule has 0 radical (unpaired) electrons. The predicted octanol–water partition coefficient (Wildman–Crippen LogP) is 2.08. The van der Waals surface area contributed by atoms with Crippen LogP contribution < -0.4 is 10.6 Å². The zero-order valence-corrected chi connectivity index (χ0v) is 13.6. The van der Waals surface area contributed by atoms with E-state index in [1.165, 1.54) is 0 Å². The first-order chi connectivity index (χ1) is 9.36. The van der Waals surface area contributed by atoms with Crippen molar-refractivity contribution in [2.45, 2.75) is 76.7 Å². The first-order valence-electron chi connectivity index (χ1n) is 8.11. The molecule has 2 heterocycles. The van der Waals surface area contributed by atoms with E-state index in [0.717, 1.165) is 52.0 Å². The van der Waals surface area contributed by atoms with E-state index in [4.69, 9.17) is 9.47 Å². The predicted molar refractivity (Wildman–Crippen MR) is 82.1 cm³/mol. The average Bonchev–Trinajstić information content (AvgIpc) is 2.32. The molecule has 2 fully saturated rings. The summed E-state index contributed by atoms with van der Waals surface area (Å²) in [5.74, 6) is 0. The third kappa shape index (κ3) is 5.32. The lowest BCUT2D eigenvalue weighted by atomic mass is 9.93. The van der Waals surface area contributed by atoms with Gasteiger partial charge in [0.2, 0.25) is 0 Å². The Morgan fingerprint density at radius 3 is 1.55 bits per heavy atom. The summed E-state index contributed by atoms with van der Waals surface area (Å²) >= 11 is 0. The van der Waals surface area contributed by atoms with Gasteiger partial charge in [-0.3, -0.25) is 0 Å². The second-order valence-corrected chi connectivity index (χ2v) is 7.50. The van der Waals surface area contributed by atoms with Gasteiger partial charge in [0.1, 0.15) is 0 Å². The standard InChI is InChI=1S/C16H32N2O2/c1-15(2)11-13(5-9-19-15)17-7-8-18-14-6-10-20-16(3,4)12-14/h13-14,17-18H,5-12H2,1-4H3. The van der Waals surface area contributed by atoms with Gasteiger partial charge < -0.3 is 20.1 Å². The minimum absolute atomic E-state index is 0.0358. The van der Waals surface area contributed by atoms with Crippen LogP contribution in [0.4, 0.5) is 0 Å². The van der Waals surface area contributed by atoms with Crippen molar-refractivity contribution >= 4 is 0 Å². The van der Waals surface area contributed by atoms with Crippen molar-refractivity contribution < 1.29 is 9.47 Å².